The number of hydrogen-bond acceptors (Lipinski definition) is 4. The largest absolute Gasteiger partial charge is 0.383 e. The topological polar surface area (TPSA) is 44.8 Å². The van der Waals surface area contributed by atoms with Crippen molar-refractivity contribution in [1.82, 2.24) is 10.2 Å². The highest BCUT2D eigenvalue weighted by Crippen LogP contribution is 2.25. The lowest BCUT2D eigenvalue weighted by molar-refractivity contribution is -0.130. The number of anilines is 1. The van der Waals surface area contributed by atoms with E-state index in [0.29, 0.717) is 19.7 Å². The first-order chi connectivity index (χ1) is 10.6. The summed E-state index contributed by atoms with van der Waals surface area (Å²) in [5.41, 5.74) is 2.38. The monoisotopic (exact) mass is 397 g/mol. The molecule has 1 heterocycles. The van der Waals surface area contributed by atoms with Gasteiger partial charge in [0.05, 0.1) is 13.2 Å². The molecule has 138 valence electrons. The van der Waals surface area contributed by atoms with Gasteiger partial charge in [-0.3, -0.25) is 4.79 Å². The smallest absolute Gasteiger partial charge is 0.236 e. The number of amides is 1. The van der Waals surface area contributed by atoms with Gasteiger partial charge in [0.1, 0.15) is 0 Å². The van der Waals surface area contributed by atoms with Crippen LogP contribution < -0.4 is 10.2 Å². The molecule has 0 atom stereocenters. The molecule has 0 saturated carbocycles. The molecule has 2 rings (SSSR count). The summed E-state index contributed by atoms with van der Waals surface area (Å²) < 4.78 is 4.95. The van der Waals surface area contributed by atoms with Crippen molar-refractivity contribution in [2.24, 2.45) is 0 Å². The van der Waals surface area contributed by atoms with E-state index >= 15 is 0 Å². The molecule has 1 aliphatic heterocycles. The SMILES string of the molecule is COCCNCC(=O)N1CCN(c2cc(Cl)ccc2C)CC1.Cl.Cl. The summed E-state index contributed by atoms with van der Waals surface area (Å²) in [4.78, 5) is 16.3. The lowest BCUT2D eigenvalue weighted by atomic mass is 10.1. The maximum Gasteiger partial charge on any atom is 0.236 e. The van der Waals surface area contributed by atoms with Crippen molar-refractivity contribution < 1.29 is 9.53 Å². The summed E-state index contributed by atoms with van der Waals surface area (Å²) in [7, 11) is 1.65. The number of nitrogens with one attached hydrogen (secondary N) is 1. The van der Waals surface area contributed by atoms with Crippen molar-refractivity contribution in [3.05, 3.63) is 28.8 Å². The van der Waals surface area contributed by atoms with E-state index in [1.54, 1.807) is 7.11 Å². The first-order valence-electron chi connectivity index (χ1n) is 7.60. The molecule has 1 saturated heterocycles. The van der Waals surface area contributed by atoms with Gasteiger partial charge in [0.2, 0.25) is 5.91 Å². The number of benzene rings is 1. The van der Waals surface area contributed by atoms with Gasteiger partial charge in [0, 0.05) is 50.5 Å². The molecule has 1 aromatic rings. The van der Waals surface area contributed by atoms with Gasteiger partial charge >= 0.3 is 0 Å². The molecule has 0 spiro atoms. The zero-order valence-electron chi connectivity index (χ0n) is 14.1. The molecule has 1 amide bonds. The van der Waals surface area contributed by atoms with Crippen LogP contribution in [0.2, 0.25) is 5.02 Å². The minimum Gasteiger partial charge on any atom is -0.383 e. The summed E-state index contributed by atoms with van der Waals surface area (Å²) in [5, 5.41) is 3.85. The Labute approximate surface area is 161 Å². The second-order valence-electron chi connectivity index (χ2n) is 5.47. The Bertz CT molecular complexity index is 509. The molecule has 0 unspecified atom stereocenters. The molecule has 1 N–H and O–H groups in total. The number of rotatable bonds is 6. The quantitative estimate of drug-likeness (QED) is 0.747. The minimum atomic E-state index is 0. The van der Waals surface area contributed by atoms with Gasteiger partial charge in [-0.25, -0.2) is 0 Å². The van der Waals surface area contributed by atoms with Gasteiger partial charge in [-0.1, -0.05) is 17.7 Å². The molecule has 5 nitrogen and oxygen atoms in total. The van der Waals surface area contributed by atoms with Crippen LogP contribution in [0.15, 0.2) is 18.2 Å². The van der Waals surface area contributed by atoms with E-state index in [0.717, 1.165) is 36.9 Å². The van der Waals surface area contributed by atoms with Crippen LogP contribution in [-0.4, -0.2) is 63.8 Å². The van der Waals surface area contributed by atoms with Crippen molar-refractivity contribution in [2.45, 2.75) is 6.92 Å². The number of piperazine rings is 1. The van der Waals surface area contributed by atoms with Gasteiger partial charge in [-0.05, 0) is 24.6 Å². The predicted molar refractivity (Wildman–Crippen MR) is 104 cm³/mol. The summed E-state index contributed by atoms with van der Waals surface area (Å²) >= 11 is 6.09. The Hall–Kier alpha value is -0.720. The standard InChI is InChI=1S/C16H24ClN3O2.2ClH/c1-13-3-4-14(17)11-15(13)19-6-8-20(9-7-19)16(21)12-18-5-10-22-2;;/h3-4,11,18H,5-10,12H2,1-2H3;2*1H. The third-order valence-electron chi connectivity index (χ3n) is 3.90. The first-order valence-corrected chi connectivity index (χ1v) is 7.98. The number of methoxy groups -OCH3 is 1. The zero-order chi connectivity index (χ0) is 15.9. The van der Waals surface area contributed by atoms with Gasteiger partial charge in [-0.2, -0.15) is 0 Å². The number of carbonyl (C=O) groups excluding carboxylic acids is 1. The summed E-state index contributed by atoms with van der Waals surface area (Å²) in [5.74, 6) is 0.151. The molecule has 0 bridgehead atoms. The highest BCUT2D eigenvalue weighted by Gasteiger charge is 2.21. The van der Waals surface area contributed by atoms with Crippen molar-refractivity contribution in [3.63, 3.8) is 0 Å². The summed E-state index contributed by atoms with van der Waals surface area (Å²) in [6.07, 6.45) is 0. The fraction of sp³-hybridized carbons (Fsp3) is 0.562. The van der Waals surface area contributed by atoms with Crippen LogP contribution in [0.1, 0.15) is 5.56 Å². The fourth-order valence-corrected chi connectivity index (χ4v) is 2.77. The van der Waals surface area contributed by atoms with E-state index in [-0.39, 0.29) is 30.7 Å². The maximum absolute atomic E-state index is 12.1. The third-order valence-corrected chi connectivity index (χ3v) is 4.14. The highest BCUT2D eigenvalue weighted by molar-refractivity contribution is 6.30. The molecule has 1 fully saturated rings. The second-order valence-corrected chi connectivity index (χ2v) is 5.90. The predicted octanol–water partition coefficient (Wildman–Crippen LogP) is 2.38. The van der Waals surface area contributed by atoms with Crippen LogP contribution in [-0.2, 0) is 9.53 Å². The average Bonchev–Trinajstić information content (AvgIpc) is 2.54. The Balaban J connectivity index is 0.00000264. The lowest BCUT2D eigenvalue weighted by Gasteiger charge is -2.37. The normalized spacial score (nSPS) is 14.0. The Morgan fingerprint density at radius 2 is 1.92 bits per heavy atom. The second kappa shape index (κ2) is 11.8. The van der Waals surface area contributed by atoms with Crippen LogP contribution in [0.4, 0.5) is 5.69 Å². The van der Waals surface area contributed by atoms with Crippen LogP contribution in [0.25, 0.3) is 0 Å². The van der Waals surface area contributed by atoms with Crippen molar-refractivity contribution in [2.75, 3.05) is 57.9 Å². The van der Waals surface area contributed by atoms with E-state index in [4.69, 9.17) is 16.3 Å². The van der Waals surface area contributed by atoms with E-state index < -0.39 is 0 Å². The zero-order valence-corrected chi connectivity index (χ0v) is 16.5. The van der Waals surface area contributed by atoms with Gasteiger partial charge < -0.3 is 19.9 Å². The number of nitrogens with zero attached hydrogens (tertiary/aromatic N) is 2. The van der Waals surface area contributed by atoms with Gasteiger partial charge in [0.15, 0.2) is 0 Å². The molecule has 0 aliphatic carbocycles. The van der Waals surface area contributed by atoms with Crippen LogP contribution in [0.5, 0.6) is 0 Å². The molecule has 8 heteroatoms. The number of ether oxygens (including phenoxy) is 1. The van der Waals surface area contributed by atoms with E-state index in [2.05, 4.69) is 17.1 Å². The molecule has 1 aromatic carbocycles. The summed E-state index contributed by atoms with van der Waals surface area (Å²) in [6.45, 7) is 6.95. The van der Waals surface area contributed by atoms with E-state index in [1.165, 1.54) is 5.56 Å². The molecule has 1 aliphatic rings. The highest BCUT2D eigenvalue weighted by atomic mass is 35.5. The minimum absolute atomic E-state index is 0. The number of aryl methyl sites for hydroxylation is 1. The number of halogens is 3. The average molecular weight is 399 g/mol. The summed E-state index contributed by atoms with van der Waals surface area (Å²) in [6, 6.07) is 5.95. The Morgan fingerprint density at radius 1 is 1.25 bits per heavy atom. The van der Waals surface area contributed by atoms with Crippen LogP contribution in [0.3, 0.4) is 0 Å². The van der Waals surface area contributed by atoms with Crippen LogP contribution in [0, 0.1) is 6.92 Å². The molecular formula is C16H26Cl3N3O2. The van der Waals surface area contributed by atoms with Crippen molar-refractivity contribution in [3.8, 4) is 0 Å². The molecule has 24 heavy (non-hydrogen) atoms. The Kier molecular flexibility index (Phi) is 11.4. The maximum atomic E-state index is 12.1. The number of carbonyl (C=O) groups is 1. The first kappa shape index (κ1) is 23.3. The Morgan fingerprint density at radius 3 is 2.54 bits per heavy atom. The van der Waals surface area contributed by atoms with E-state index in [1.807, 2.05) is 23.1 Å². The molecule has 0 radical (unpaired) electrons. The third kappa shape index (κ3) is 6.65. The van der Waals surface area contributed by atoms with Crippen LogP contribution >= 0.6 is 36.4 Å². The number of hydrogen-bond donors (Lipinski definition) is 1. The van der Waals surface area contributed by atoms with Gasteiger partial charge in [0.25, 0.3) is 0 Å². The lowest BCUT2D eigenvalue weighted by Crippen LogP contribution is -2.51. The molecular weight excluding hydrogens is 373 g/mol. The van der Waals surface area contributed by atoms with Crippen molar-refractivity contribution in [1.29, 1.82) is 0 Å². The van der Waals surface area contributed by atoms with E-state index in [9.17, 15) is 4.79 Å². The van der Waals surface area contributed by atoms with Crippen molar-refractivity contribution >= 4 is 48.0 Å². The van der Waals surface area contributed by atoms with Gasteiger partial charge in [-0.15, -0.1) is 24.8 Å². The fourth-order valence-electron chi connectivity index (χ4n) is 2.60. The molecule has 0 aromatic heterocycles.